The summed E-state index contributed by atoms with van der Waals surface area (Å²) in [6.45, 7) is 14.0. The molecule has 0 aliphatic carbocycles. The van der Waals surface area contributed by atoms with Crippen LogP contribution in [0.5, 0.6) is 0 Å². The maximum absolute atomic E-state index is 12.5. The third kappa shape index (κ3) is 4.74. The van der Waals surface area contributed by atoms with Gasteiger partial charge in [0.15, 0.2) is 5.82 Å². The van der Waals surface area contributed by atoms with Gasteiger partial charge in [0, 0.05) is 56.5 Å². The summed E-state index contributed by atoms with van der Waals surface area (Å²) >= 11 is 0. The summed E-state index contributed by atoms with van der Waals surface area (Å²) in [5.41, 5.74) is 1.95. The predicted molar refractivity (Wildman–Crippen MR) is 99.2 cm³/mol. The van der Waals surface area contributed by atoms with Crippen LogP contribution in [0.1, 0.15) is 55.9 Å². The molecule has 8 nitrogen and oxygen atoms in total. The van der Waals surface area contributed by atoms with Crippen molar-refractivity contribution in [3.05, 3.63) is 28.7 Å². The molecule has 0 saturated carbocycles. The van der Waals surface area contributed by atoms with E-state index in [9.17, 15) is 4.79 Å². The van der Waals surface area contributed by atoms with Crippen molar-refractivity contribution in [1.82, 2.24) is 25.1 Å². The fourth-order valence-electron chi connectivity index (χ4n) is 3.14. The topological polar surface area (TPSA) is 88.5 Å². The van der Waals surface area contributed by atoms with E-state index < -0.39 is 0 Å². The highest BCUT2D eigenvalue weighted by molar-refractivity contribution is 5.76. The molecule has 2 aromatic rings. The first kappa shape index (κ1) is 19.5. The molecule has 27 heavy (non-hydrogen) atoms. The molecule has 0 N–H and O–H groups in total. The number of hydrogen-bond donors (Lipinski definition) is 0. The van der Waals surface area contributed by atoms with Crippen molar-refractivity contribution >= 4 is 5.91 Å². The first-order valence-corrected chi connectivity index (χ1v) is 9.49. The molecule has 3 rings (SSSR count). The number of hydrogen-bond acceptors (Lipinski definition) is 7. The smallest absolute Gasteiger partial charge is 0.227 e. The van der Waals surface area contributed by atoms with Gasteiger partial charge in [-0.1, -0.05) is 31.1 Å². The Morgan fingerprint density at radius 3 is 2.33 bits per heavy atom. The van der Waals surface area contributed by atoms with E-state index in [1.54, 1.807) is 0 Å². The Balaban J connectivity index is 1.45. The average Bonchev–Trinajstić information content (AvgIpc) is 3.22. The van der Waals surface area contributed by atoms with Crippen molar-refractivity contribution in [2.24, 2.45) is 0 Å². The van der Waals surface area contributed by atoms with Crippen LogP contribution < -0.4 is 0 Å². The minimum atomic E-state index is -0.150. The fourth-order valence-corrected chi connectivity index (χ4v) is 3.14. The van der Waals surface area contributed by atoms with Gasteiger partial charge in [0.05, 0.1) is 5.69 Å². The van der Waals surface area contributed by atoms with Crippen LogP contribution in [0.15, 0.2) is 9.05 Å². The lowest BCUT2D eigenvalue weighted by molar-refractivity contribution is -0.133. The van der Waals surface area contributed by atoms with Gasteiger partial charge in [-0.05, 0) is 13.8 Å². The van der Waals surface area contributed by atoms with E-state index in [-0.39, 0.29) is 11.3 Å². The van der Waals surface area contributed by atoms with Crippen LogP contribution in [0.25, 0.3) is 0 Å². The number of aryl methyl sites for hydroxylation is 3. The molecule has 148 valence electrons. The fraction of sp³-hybridized carbons (Fsp3) is 0.684. The van der Waals surface area contributed by atoms with Crippen molar-refractivity contribution in [2.45, 2.75) is 59.4 Å². The Hall–Kier alpha value is -2.22. The zero-order valence-corrected chi connectivity index (χ0v) is 16.9. The highest BCUT2D eigenvalue weighted by Crippen LogP contribution is 2.19. The number of amides is 1. The molecular weight excluding hydrogens is 346 g/mol. The second-order valence-corrected chi connectivity index (χ2v) is 8.22. The molecule has 2 aromatic heterocycles. The molecule has 1 amide bonds. The first-order chi connectivity index (χ1) is 12.7. The number of piperazine rings is 1. The largest absolute Gasteiger partial charge is 0.361 e. The molecule has 0 spiro atoms. The van der Waals surface area contributed by atoms with Gasteiger partial charge in [-0.3, -0.25) is 9.69 Å². The van der Waals surface area contributed by atoms with Crippen LogP contribution in [-0.2, 0) is 23.2 Å². The maximum Gasteiger partial charge on any atom is 0.227 e. The summed E-state index contributed by atoms with van der Waals surface area (Å²) in [6.07, 6.45) is 0.886. The van der Waals surface area contributed by atoms with Gasteiger partial charge in [0.25, 0.3) is 0 Å². The quantitative estimate of drug-likeness (QED) is 0.792. The second kappa shape index (κ2) is 7.80. The summed E-state index contributed by atoms with van der Waals surface area (Å²) in [6, 6.07) is 0. The second-order valence-electron chi connectivity index (χ2n) is 8.22. The Labute approximate surface area is 159 Å². The molecule has 8 heteroatoms. The number of rotatable bonds is 5. The Kier molecular flexibility index (Phi) is 5.64. The summed E-state index contributed by atoms with van der Waals surface area (Å²) < 4.78 is 10.5. The van der Waals surface area contributed by atoms with E-state index in [2.05, 4.69) is 20.2 Å². The van der Waals surface area contributed by atoms with E-state index in [1.165, 1.54) is 0 Å². The molecule has 1 aliphatic heterocycles. The Morgan fingerprint density at radius 2 is 1.78 bits per heavy atom. The van der Waals surface area contributed by atoms with Crippen molar-refractivity contribution in [3.63, 3.8) is 0 Å². The average molecular weight is 375 g/mol. The van der Waals surface area contributed by atoms with Crippen molar-refractivity contribution in [3.8, 4) is 0 Å². The SMILES string of the molecule is Cc1noc(C)c1CN1CCN(C(=O)CCc2nc(C(C)(C)C)no2)CC1. The number of aromatic nitrogens is 3. The molecule has 0 unspecified atom stereocenters. The third-order valence-electron chi connectivity index (χ3n) is 4.98. The normalized spacial score (nSPS) is 16.1. The van der Waals surface area contributed by atoms with Crippen LogP contribution >= 0.6 is 0 Å². The van der Waals surface area contributed by atoms with E-state index >= 15 is 0 Å². The number of nitrogens with zero attached hydrogens (tertiary/aromatic N) is 5. The Morgan fingerprint density at radius 1 is 1.07 bits per heavy atom. The molecule has 1 saturated heterocycles. The van der Waals surface area contributed by atoms with E-state index in [0.29, 0.717) is 24.6 Å². The summed E-state index contributed by atoms with van der Waals surface area (Å²) in [5, 5.41) is 8.02. The van der Waals surface area contributed by atoms with Crippen LogP contribution in [0.2, 0.25) is 0 Å². The van der Waals surface area contributed by atoms with Crippen LogP contribution in [0.4, 0.5) is 0 Å². The van der Waals surface area contributed by atoms with Crippen molar-refractivity contribution < 1.29 is 13.8 Å². The molecular formula is C19H29N5O3. The molecule has 0 atom stereocenters. The minimum absolute atomic E-state index is 0.141. The first-order valence-electron chi connectivity index (χ1n) is 9.49. The molecule has 3 heterocycles. The minimum Gasteiger partial charge on any atom is -0.361 e. The highest BCUT2D eigenvalue weighted by atomic mass is 16.5. The van der Waals surface area contributed by atoms with Gasteiger partial charge in [-0.25, -0.2) is 0 Å². The van der Waals surface area contributed by atoms with E-state index in [1.807, 2.05) is 39.5 Å². The van der Waals surface area contributed by atoms with Gasteiger partial charge in [-0.2, -0.15) is 4.98 Å². The third-order valence-corrected chi connectivity index (χ3v) is 4.98. The van der Waals surface area contributed by atoms with Crippen LogP contribution in [0, 0.1) is 13.8 Å². The summed E-state index contributed by atoms with van der Waals surface area (Å²) in [4.78, 5) is 21.2. The number of carbonyl (C=O) groups is 1. The molecule has 0 radical (unpaired) electrons. The Bertz CT molecular complexity index is 762. The van der Waals surface area contributed by atoms with Gasteiger partial charge >= 0.3 is 0 Å². The zero-order valence-electron chi connectivity index (χ0n) is 16.9. The molecule has 0 bridgehead atoms. The van der Waals surface area contributed by atoms with Crippen LogP contribution in [-0.4, -0.2) is 57.2 Å². The van der Waals surface area contributed by atoms with Gasteiger partial charge in [0.2, 0.25) is 11.8 Å². The van der Waals surface area contributed by atoms with Gasteiger partial charge in [-0.15, -0.1) is 0 Å². The van der Waals surface area contributed by atoms with Crippen molar-refractivity contribution in [2.75, 3.05) is 26.2 Å². The monoisotopic (exact) mass is 375 g/mol. The highest BCUT2D eigenvalue weighted by Gasteiger charge is 2.24. The van der Waals surface area contributed by atoms with E-state index in [4.69, 9.17) is 9.05 Å². The van der Waals surface area contributed by atoms with Gasteiger partial charge in [0.1, 0.15) is 5.76 Å². The summed E-state index contributed by atoms with van der Waals surface area (Å²) in [5.74, 6) is 2.23. The summed E-state index contributed by atoms with van der Waals surface area (Å²) in [7, 11) is 0. The number of carbonyl (C=O) groups excluding carboxylic acids is 1. The van der Waals surface area contributed by atoms with Gasteiger partial charge < -0.3 is 13.9 Å². The standard InChI is InChI=1S/C19H29N5O3/c1-13-15(14(2)26-21-13)12-23-8-10-24(11-9-23)17(25)7-6-16-20-18(22-27-16)19(3,4)5/h6-12H2,1-5H3. The molecule has 1 aliphatic rings. The van der Waals surface area contributed by atoms with Crippen molar-refractivity contribution in [1.29, 1.82) is 0 Å². The predicted octanol–water partition coefficient (Wildman–Crippen LogP) is 2.25. The molecule has 1 fully saturated rings. The lowest BCUT2D eigenvalue weighted by Gasteiger charge is -2.34. The lowest BCUT2D eigenvalue weighted by Crippen LogP contribution is -2.48. The zero-order chi connectivity index (χ0) is 19.6. The van der Waals surface area contributed by atoms with E-state index in [0.717, 1.165) is 49.7 Å². The molecule has 0 aromatic carbocycles. The maximum atomic E-state index is 12.5. The lowest BCUT2D eigenvalue weighted by atomic mass is 9.96. The van der Waals surface area contributed by atoms with Crippen LogP contribution in [0.3, 0.4) is 0 Å².